The molecule has 120 valence electrons. The fourth-order valence-corrected chi connectivity index (χ4v) is 3.39. The van der Waals surface area contributed by atoms with Gasteiger partial charge in [-0.25, -0.2) is 9.37 Å². The number of pyridine rings is 1. The zero-order valence-electron chi connectivity index (χ0n) is 13.0. The number of piperidine rings is 1. The van der Waals surface area contributed by atoms with Crippen molar-refractivity contribution in [2.45, 2.75) is 31.5 Å². The first-order valence-corrected chi connectivity index (χ1v) is 7.98. The topological polar surface area (TPSA) is 48.5 Å². The van der Waals surface area contributed by atoms with E-state index in [1.807, 2.05) is 6.07 Å². The molecule has 2 saturated heterocycles. The summed E-state index contributed by atoms with van der Waals surface area (Å²) in [5.74, 6) is 0.795. The Bertz CT molecular complexity index is 513. The summed E-state index contributed by atoms with van der Waals surface area (Å²) in [5, 5.41) is 2.59. The molecule has 2 aliphatic rings. The second-order valence-corrected chi connectivity index (χ2v) is 6.08. The largest absolute Gasteiger partial charge is 0.357 e. The highest BCUT2D eigenvalue weighted by Gasteiger charge is 2.30. The molecule has 0 spiro atoms. The maximum absolute atomic E-state index is 13.3. The molecule has 2 aliphatic heterocycles. The number of hydrogen-bond acceptors (Lipinski definition) is 4. The first-order valence-electron chi connectivity index (χ1n) is 7.98. The molecule has 1 aromatic heterocycles. The number of amides is 1. The number of hydrogen-bond donors (Lipinski definition) is 1. The molecule has 3 heterocycles. The van der Waals surface area contributed by atoms with E-state index in [4.69, 9.17) is 0 Å². The van der Waals surface area contributed by atoms with Gasteiger partial charge in [-0.15, -0.1) is 0 Å². The molecule has 1 unspecified atom stereocenters. The minimum atomic E-state index is -0.642. The maximum atomic E-state index is 13.3. The van der Waals surface area contributed by atoms with E-state index in [2.05, 4.69) is 20.1 Å². The first-order chi connectivity index (χ1) is 10.7. The lowest BCUT2D eigenvalue weighted by molar-refractivity contribution is 0.0962. The monoisotopic (exact) mass is 306 g/mol. The number of aromatic nitrogens is 1. The van der Waals surface area contributed by atoms with Crippen molar-refractivity contribution in [3.8, 4) is 0 Å². The molecule has 1 amide bonds. The Kier molecular flexibility index (Phi) is 4.57. The van der Waals surface area contributed by atoms with Crippen LogP contribution in [0, 0.1) is 0 Å². The Morgan fingerprint density at radius 1 is 1.27 bits per heavy atom. The van der Waals surface area contributed by atoms with Crippen LogP contribution in [-0.2, 0) is 0 Å². The Hall–Kier alpha value is -1.69. The highest BCUT2D eigenvalue weighted by atomic mass is 19.1. The Morgan fingerprint density at radius 2 is 2.05 bits per heavy atom. The molecule has 0 bridgehead atoms. The Labute approximate surface area is 130 Å². The number of halogens is 1. The number of carbonyl (C=O) groups is 1. The van der Waals surface area contributed by atoms with Crippen molar-refractivity contribution in [2.24, 2.45) is 0 Å². The number of rotatable bonds is 3. The minimum Gasteiger partial charge on any atom is -0.357 e. The zero-order valence-corrected chi connectivity index (χ0v) is 13.0. The number of nitrogens with zero attached hydrogens (tertiary/aromatic N) is 3. The van der Waals surface area contributed by atoms with Crippen molar-refractivity contribution in [2.75, 3.05) is 38.1 Å². The average Bonchev–Trinajstić information content (AvgIpc) is 3.01. The molecule has 5 nitrogen and oxygen atoms in total. The van der Waals surface area contributed by atoms with Crippen LogP contribution in [0.15, 0.2) is 18.3 Å². The Balaban J connectivity index is 1.56. The van der Waals surface area contributed by atoms with Crippen LogP contribution in [0.5, 0.6) is 0 Å². The van der Waals surface area contributed by atoms with Crippen LogP contribution in [0.2, 0.25) is 0 Å². The normalized spacial score (nSPS) is 23.7. The number of carbonyl (C=O) groups excluding carboxylic acids is 1. The SMILES string of the molecule is CNC(=O)c1ccc(N2CCC(N3CCC(F)C3)CC2)nc1. The van der Waals surface area contributed by atoms with Crippen molar-refractivity contribution in [1.82, 2.24) is 15.2 Å². The molecule has 1 N–H and O–H groups in total. The number of alkyl halides is 1. The van der Waals surface area contributed by atoms with Gasteiger partial charge in [0.15, 0.2) is 0 Å². The molecule has 0 radical (unpaired) electrons. The maximum Gasteiger partial charge on any atom is 0.252 e. The van der Waals surface area contributed by atoms with Crippen molar-refractivity contribution < 1.29 is 9.18 Å². The molecule has 2 fully saturated rings. The van der Waals surface area contributed by atoms with Crippen LogP contribution < -0.4 is 10.2 Å². The molecule has 6 heteroatoms. The summed E-state index contributed by atoms with van der Waals surface area (Å²) in [6.07, 6.45) is 3.76. The van der Waals surface area contributed by atoms with Gasteiger partial charge in [-0.1, -0.05) is 0 Å². The van der Waals surface area contributed by atoms with Gasteiger partial charge >= 0.3 is 0 Å². The van der Waals surface area contributed by atoms with Gasteiger partial charge < -0.3 is 10.2 Å². The quantitative estimate of drug-likeness (QED) is 0.918. The van der Waals surface area contributed by atoms with E-state index in [9.17, 15) is 9.18 Å². The van der Waals surface area contributed by atoms with E-state index in [-0.39, 0.29) is 5.91 Å². The van der Waals surface area contributed by atoms with Crippen molar-refractivity contribution in [3.63, 3.8) is 0 Å². The standard InChI is InChI=1S/C16H23FN4O/c1-18-16(22)12-2-3-15(19-10-12)20-8-5-14(6-9-20)21-7-4-13(17)11-21/h2-3,10,13-14H,4-9,11H2,1H3,(H,18,22). The highest BCUT2D eigenvalue weighted by Crippen LogP contribution is 2.24. The second-order valence-electron chi connectivity index (χ2n) is 6.08. The fourth-order valence-electron chi connectivity index (χ4n) is 3.39. The van der Waals surface area contributed by atoms with Crippen LogP contribution in [0.3, 0.4) is 0 Å². The molecule has 1 atom stereocenters. The summed E-state index contributed by atoms with van der Waals surface area (Å²) >= 11 is 0. The summed E-state index contributed by atoms with van der Waals surface area (Å²) in [6, 6.07) is 4.21. The van der Waals surface area contributed by atoms with Crippen molar-refractivity contribution in [3.05, 3.63) is 23.9 Å². The third-order valence-corrected chi connectivity index (χ3v) is 4.70. The van der Waals surface area contributed by atoms with Crippen LogP contribution in [0.4, 0.5) is 10.2 Å². The fraction of sp³-hybridized carbons (Fsp3) is 0.625. The van der Waals surface area contributed by atoms with Gasteiger partial charge in [0.25, 0.3) is 5.91 Å². The van der Waals surface area contributed by atoms with Gasteiger partial charge in [-0.05, 0) is 31.4 Å². The molecule has 0 aromatic carbocycles. The number of nitrogens with one attached hydrogen (secondary N) is 1. The van der Waals surface area contributed by atoms with Crippen LogP contribution in [-0.4, -0.2) is 61.2 Å². The van der Waals surface area contributed by atoms with E-state index < -0.39 is 6.17 Å². The Morgan fingerprint density at radius 3 is 2.59 bits per heavy atom. The van der Waals surface area contributed by atoms with E-state index >= 15 is 0 Å². The summed E-state index contributed by atoms with van der Waals surface area (Å²) in [5.41, 5.74) is 0.576. The van der Waals surface area contributed by atoms with Gasteiger partial charge in [0.2, 0.25) is 0 Å². The predicted octanol–water partition coefficient (Wildman–Crippen LogP) is 1.45. The van der Waals surface area contributed by atoms with Crippen molar-refractivity contribution in [1.29, 1.82) is 0 Å². The smallest absolute Gasteiger partial charge is 0.252 e. The van der Waals surface area contributed by atoms with Gasteiger partial charge in [0.05, 0.1) is 5.56 Å². The van der Waals surface area contributed by atoms with Gasteiger partial charge in [-0.2, -0.15) is 0 Å². The third-order valence-electron chi connectivity index (χ3n) is 4.70. The molecule has 1 aromatic rings. The van der Waals surface area contributed by atoms with Gasteiger partial charge in [-0.3, -0.25) is 9.69 Å². The second kappa shape index (κ2) is 6.60. The lowest BCUT2D eigenvalue weighted by Crippen LogP contribution is -2.44. The van der Waals surface area contributed by atoms with Crippen LogP contribution >= 0.6 is 0 Å². The number of anilines is 1. The van der Waals surface area contributed by atoms with Gasteiger partial charge in [0, 0.05) is 45.5 Å². The molecule has 22 heavy (non-hydrogen) atoms. The van der Waals surface area contributed by atoms with E-state index in [1.54, 1.807) is 19.3 Å². The first kappa shape index (κ1) is 15.2. The summed E-state index contributed by atoms with van der Waals surface area (Å²) in [6.45, 7) is 3.36. The molecular weight excluding hydrogens is 283 g/mol. The lowest BCUT2D eigenvalue weighted by Gasteiger charge is -2.37. The summed E-state index contributed by atoms with van der Waals surface area (Å²) in [4.78, 5) is 20.5. The van der Waals surface area contributed by atoms with E-state index in [0.717, 1.165) is 38.3 Å². The van der Waals surface area contributed by atoms with E-state index in [0.29, 0.717) is 24.6 Å². The number of likely N-dealkylation sites (tertiary alicyclic amines) is 1. The molecule has 0 saturated carbocycles. The molecule has 0 aliphatic carbocycles. The zero-order chi connectivity index (χ0) is 15.5. The highest BCUT2D eigenvalue weighted by molar-refractivity contribution is 5.93. The summed E-state index contributed by atoms with van der Waals surface area (Å²) < 4.78 is 13.3. The molecule has 3 rings (SSSR count). The van der Waals surface area contributed by atoms with E-state index in [1.165, 1.54) is 0 Å². The third kappa shape index (κ3) is 3.21. The van der Waals surface area contributed by atoms with Crippen LogP contribution in [0.1, 0.15) is 29.6 Å². The lowest BCUT2D eigenvalue weighted by atomic mass is 10.0. The predicted molar refractivity (Wildman–Crippen MR) is 83.9 cm³/mol. The van der Waals surface area contributed by atoms with Gasteiger partial charge in [0.1, 0.15) is 12.0 Å². The van der Waals surface area contributed by atoms with Crippen molar-refractivity contribution >= 4 is 11.7 Å². The van der Waals surface area contributed by atoms with Crippen LogP contribution in [0.25, 0.3) is 0 Å². The molecular formula is C16H23FN4O. The minimum absolute atomic E-state index is 0.118. The average molecular weight is 306 g/mol. The summed E-state index contributed by atoms with van der Waals surface area (Å²) in [7, 11) is 1.61.